The van der Waals surface area contributed by atoms with Gasteiger partial charge in [-0.2, -0.15) is 0 Å². The van der Waals surface area contributed by atoms with Crippen molar-refractivity contribution < 1.29 is 9.13 Å². The van der Waals surface area contributed by atoms with E-state index in [0.29, 0.717) is 22.2 Å². The van der Waals surface area contributed by atoms with Gasteiger partial charge in [0.1, 0.15) is 17.3 Å². The van der Waals surface area contributed by atoms with E-state index < -0.39 is 5.82 Å². The number of hydrogen-bond acceptors (Lipinski definition) is 2. The number of nitrogens with two attached hydrogens (primary N) is 1. The van der Waals surface area contributed by atoms with Crippen LogP contribution in [0.3, 0.4) is 0 Å². The van der Waals surface area contributed by atoms with Crippen LogP contribution in [0.5, 0.6) is 11.5 Å². The first-order chi connectivity index (χ1) is 8.04. The predicted molar refractivity (Wildman–Crippen MR) is 70.0 cm³/mol. The summed E-state index contributed by atoms with van der Waals surface area (Å²) in [6, 6.07) is 9.16. The first-order valence-electron chi connectivity index (χ1n) is 4.73. The zero-order valence-corrected chi connectivity index (χ0v) is 10.9. The van der Waals surface area contributed by atoms with Crippen molar-refractivity contribution in [3.05, 3.63) is 51.7 Å². The highest BCUT2D eigenvalue weighted by Crippen LogP contribution is 2.32. The maximum absolute atomic E-state index is 13.1. The van der Waals surface area contributed by atoms with Crippen LogP contribution in [0, 0.1) is 5.82 Å². The lowest BCUT2D eigenvalue weighted by molar-refractivity contribution is 0.477. The zero-order chi connectivity index (χ0) is 12.4. The Hall–Kier alpha value is -1.26. The first kappa shape index (κ1) is 12.2. The second kappa shape index (κ2) is 4.94. The molecule has 2 N–H and O–H groups in total. The molecule has 5 heteroatoms. The van der Waals surface area contributed by atoms with Gasteiger partial charge in [0.25, 0.3) is 0 Å². The van der Waals surface area contributed by atoms with Gasteiger partial charge in [-0.3, -0.25) is 0 Å². The van der Waals surface area contributed by atoms with Crippen LogP contribution in [0.25, 0.3) is 0 Å². The number of nitrogen functional groups attached to an aromatic ring is 1. The summed E-state index contributed by atoms with van der Waals surface area (Å²) in [5.74, 6) is 0.305. The lowest BCUT2D eigenvalue weighted by Crippen LogP contribution is -1.90. The Bertz CT molecular complexity index is 542. The second-order valence-corrected chi connectivity index (χ2v) is 4.72. The Balaban J connectivity index is 2.31. The molecule has 17 heavy (non-hydrogen) atoms. The summed E-state index contributed by atoms with van der Waals surface area (Å²) >= 11 is 9.26. The van der Waals surface area contributed by atoms with Crippen molar-refractivity contribution in [3.8, 4) is 11.5 Å². The van der Waals surface area contributed by atoms with Crippen LogP contribution in [-0.2, 0) is 0 Å². The SMILES string of the molecule is Nc1cc(F)cc(Oc2ccc(Br)cc2Cl)c1. The van der Waals surface area contributed by atoms with Crippen LogP contribution in [0.1, 0.15) is 0 Å². The third-order valence-corrected chi connectivity index (χ3v) is 2.80. The van der Waals surface area contributed by atoms with Crippen molar-refractivity contribution in [3.63, 3.8) is 0 Å². The molecule has 0 radical (unpaired) electrons. The van der Waals surface area contributed by atoms with Gasteiger partial charge in [0.2, 0.25) is 0 Å². The Morgan fingerprint density at radius 2 is 1.94 bits per heavy atom. The van der Waals surface area contributed by atoms with Gasteiger partial charge in [-0.25, -0.2) is 4.39 Å². The molecule has 0 unspecified atom stereocenters. The predicted octanol–water partition coefficient (Wildman–Crippen LogP) is 4.62. The number of benzene rings is 2. The van der Waals surface area contributed by atoms with Crippen LogP contribution >= 0.6 is 27.5 Å². The lowest BCUT2D eigenvalue weighted by Gasteiger charge is -2.08. The average Bonchev–Trinajstić information content (AvgIpc) is 2.21. The molecular formula is C12H8BrClFNO. The Labute approximate surface area is 111 Å². The highest BCUT2D eigenvalue weighted by Gasteiger charge is 2.05. The summed E-state index contributed by atoms with van der Waals surface area (Å²) < 4.78 is 19.4. The molecule has 2 nitrogen and oxygen atoms in total. The third kappa shape index (κ3) is 3.11. The fourth-order valence-corrected chi connectivity index (χ4v) is 2.04. The van der Waals surface area contributed by atoms with Crippen molar-refractivity contribution in [1.82, 2.24) is 0 Å². The van der Waals surface area contributed by atoms with Crippen molar-refractivity contribution in [2.75, 3.05) is 5.73 Å². The maximum atomic E-state index is 13.1. The first-order valence-corrected chi connectivity index (χ1v) is 5.90. The van der Waals surface area contributed by atoms with Gasteiger partial charge >= 0.3 is 0 Å². The quantitative estimate of drug-likeness (QED) is 0.821. The van der Waals surface area contributed by atoms with Crippen molar-refractivity contribution in [1.29, 1.82) is 0 Å². The van der Waals surface area contributed by atoms with E-state index in [-0.39, 0.29) is 0 Å². The molecule has 2 aromatic carbocycles. The summed E-state index contributed by atoms with van der Waals surface area (Å²) in [4.78, 5) is 0. The van der Waals surface area contributed by atoms with E-state index in [1.165, 1.54) is 18.2 Å². The fourth-order valence-electron chi connectivity index (χ4n) is 1.33. The smallest absolute Gasteiger partial charge is 0.146 e. The molecule has 0 aliphatic heterocycles. The molecule has 0 aliphatic rings. The minimum absolute atomic E-state index is 0.299. The normalized spacial score (nSPS) is 10.3. The molecule has 2 aromatic rings. The number of rotatable bonds is 2. The largest absolute Gasteiger partial charge is 0.456 e. The summed E-state index contributed by atoms with van der Waals surface area (Å²) in [6.45, 7) is 0. The molecule has 0 atom stereocenters. The summed E-state index contributed by atoms with van der Waals surface area (Å²) in [7, 11) is 0. The molecule has 0 aromatic heterocycles. The average molecular weight is 317 g/mol. The van der Waals surface area contributed by atoms with Crippen LogP contribution in [0.2, 0.25) is 5.02 Å². The molecule has 0 heterocycles. The Morgan fingerprint density at radius 3 is 2.59 bits per heavy atom. The van der Waals surface area contributed by atoms with Crippen LogP contribution in [0.4, 0.5) is 10.1 Å². The maximum Gasteiger partial charge on any atom is 0.146 e. The van der Waals surface area contributed by atoms with Gasteiger partial charge < -0.3 is 10.5 Å². The van der Waals surface area contributed by atoms with Crippen molar-refractivity contribution in [2.24, 2.45) is 0 Å². The molecule has 0 aliphatic carbocycles. The molecule has 2 rings (SSSR count). The molecule has 0 spiro atoms. The second-order valence-electron chi connectivity index (χ2n) is 3.40. The zero-order valence-electron chi connectivity index (χ0n) is 8.58. The number of hydrogen-bond donors (Lipinski definition) is 1. The molecule has 0 saturated heterocycles. The van der Waals surface area contributed by atoms with Crippen LogP contribution < -0.4 is 10.5 Å². The van der Waals surface area contributed by atoms with Gasteiger partial charge in [-0.05, 0) is 24.3 Å². The van der Waals surface area contributed by atoms with E-state index in [9.17, 15) is 4.39 Å². The minimum Gasteiger partial charge on any atom is -0.456 e. The van der Waals surface area contributed by atoms with Crippen molar-refractivity contribution in [2.45, 2.75) is 0 Å². The van der Waals surface area contributed by atoms with Gasteiger partial charge in [0, 0.05) is 22.3 Å². The van der Waals surface area contributed by atoms with E-state index in [1.807, 2.05) is 0 Å². The lowest BCUT2D eigenvalue weighted by atomic mass is 10.3. The molecule has 88 valence electrons. The van der Waals surface area contributed by atoms with E-state index >= 15 is 0 Å². The van der Waals surface area contributed by atoms with E-state index in [2.05, 4.69) is 15.9 Å². The summed E-state index contributed by atoms with van der Waals surface area (Å²) in [5.41, 5.74) is 5.81. The number of anilines is 1. The van der Waals surface area contributed by atoms with Gasteiger partial charge in [-0.15, -0.1) is 0 Å². The minimum atomic E-state index is -0.451. The van der Waals surface area contributed by atoms with E-state index in [0.717, 1.165) is 4.47 Å². The highest BCUT2D eigenvalue weighted by atomic mass is 79.9. The van der Waals surface area contributed by atoms with Crippen molar-refractivity contribution >= 4 is 33.2 Å². The van der Waals surface area contributed by atoms with Gasteiger partial charge in [0.05, 0.1) is 5.02 Å². The van der Waals surface area contributed by atoms with E-state index in [1.54, 1.807) is 18.2 Å². The molecule has 0 saturated carbocycles. The summed E-state index contributed by atoms with van der Waals surface area (Å²) in [6.07, 6.45) is 0. The van der Waals surface area contributed by atoms with Crippen LogP contribution in [0.15, 0.2) is 40.9 Å². The highest BCUT2D eigenvalue weighted by molar-refractivity contribution is 9.10. The standard InChI is InChI=1S/C12H8BrClFNO/c13-7-1-2-12(11(14)3-7)17-10-5-8(15)4-9(16)6-10/h1-6H,16H2. The van der Waals surface area contributed by atoms with Gasteiger partial charge in [-0.1, -0.05) is 27.5 Å². The number of halogens is 3. The summed E-state index contributed by atoms with van der Waals surface area (Å²) in [5, 5.41) is 0.433. The molecular weight excluding hydrogens is 308 g/mol. The Kier molecular flexibility index (Phi) is 3.54. The topological polar surface area (TPSA) is 35.2 Å². The Morgan fingerprint density at radius 1 is 1.18 bits per heavy atom. The molecule has 0 bridgehead atoms. The monoisotopic (exact) mass is 315 g/mol. The number of ether oxygens (including phenoxy) is 1. The van der Waals surface area contributed by atoms with Crippen LogP contribution in [-0.4, -0.2) is 0 Å². The van der Waals surface area contributed by atoms with E-state index in [4.69, 9.17) is 22.1 Å². The molecule has 0 fully saturated rings. The molecule has 0 amide bonds. The third-order valence-electron chi connectivity index (χ3n) is 2.02. The fraction of sp³-hybridized carbons (Fsp3) is 0. The van der Waals surface area contributed by atoms with Gasteiger partial charge in [0.15, 0.2) is 0 Å².